The number of ether oxygens (including phenoxy) is 4. The summed E-state index contributed by atoms with van der Waals surface area (Å²) >= 11 is 0. The highest BCUT2D eigenvalue weighted by Gasteiger charge is 2.22. The Bertz CT molecular complexity index is 1430. The normalized spacial score (nSPS) is 12.3. The Morgan fingerprint density at radius 1 is 0.765 bits per heavy atom. The maximum atomic E-state index is 12.0. The van der Waals surface area contributed by atoms with Gasteiger partial charge >= 0.3 is 12.2 Å². The third-order valence-corrected chi connectivity index (χ3v) is 7.26. The number of hydrogen-bond donors (Lipinski definition) is 5. The first-order valence-electron chi connectivity index (χ1n) is 17.4. The van der Waals surface area contributed by atoms with E-state index in [1.54, 1.807) is 57.2 Å². The molecule has 2 aromatic carbocycles. The summed E-state index contributed by atoms with van der Waals surface area (Å²) in [6, 6.07) is 12.3. The molecule has 0 fully saturated rings. The van der Waals surface area contributed by atoms with Gasteiger partial charge in [-0.25, -0.2) is 9.59 Å². The van der Waals surface area contributed by atoms with Crippen molar-refractivity contribution in [1.29, 1.82) is 5.26 Å². The molecule has 0 aliphatic carbocycles. The Kier molecular flexibility index (Phi) is 19.5. The summed E-state index contributed by atoms with van der Waals surface area (Å²) < 4.78 is 21.6. The minimum Gasteiger partial charge on any atom is -0.491 e. The SMILES string of the molecule is CC[C@@H](CCc1c(C#N)cccc1OCCO)NC(=O)OC(C)(C)C.CC[C@@H](CCc1c(OCCO)cccc1C(N)=O)NC(=O)OC(C)(C)C. The van der Waals surface area contributed by atoms with Crippen molar-refractivity contribution in [2.24, 2.45) is 5.73 Å². The fraction of sp³-hybridized carbons (Fsp3) is 0.579. The van der Waals surface area contributed by atoms with Crippen molar-refractivity contribution in [2.45, 2.75) is 117 Å². The molecule has 13 nitrogen and oxygen atoms in total. The second-order valence-corrected chi connectivity index (χ2v) is 13.8. The van der Waals surface area contributed by atoms with Crippen LogP contribution in [-0.2, 0) is 22.3 Å². The average molecular weight is 715 g/mol. The molecule has 0 aromatic heterocycles. The van der Waals surface area contributed by atoms with Crippen LogP contribution >= 0.6 is 0 Å². The van der Waals surface area contributed by atoms with Gasteiger partial charge in [-0.05, 0) is 104 Å². The zero-order valence-corrected chi connectivity index (χ0v) is 31.5. The van der Waals surface area contributed by atoms with Crippen LogP contribution in [-0.4, -0.2) is 78.0 Å². The van der Waals surface area contributed by atoms with Crippen molar-refractivity contribution in [2.75, 3.05) is 26.4 Å². The second-order valence-electron chi connectivity index (χ2n) is 13.8. The molecule has 2 aromatic rings. The maximum absolute atomic E-state index is 12.0. The van der Waals surface area contributed by atoms with Gasteiger partial charge in [-0.1, -0.05) is 26.0 Å². The molecule has 0 heterocycles. The van der Waals surface area contributed by atoms with Crippen LogP contribution in [0, 0.1) is 11.3 Å². The molecular formula is C38H58N4O9. The van der Waals surface area contributed by atoms with E-state index in [9.17, 15) is 19.6 Å². The predicted molar refractivity (Wildman–Crippen MR) is 195 cm³/mol. The number of benzene rings is 2. The summed E-state index contributed by atoms with van der Waals surface area (Å²) in [5.41, 5.74) is 6.76. The number of nitrogens with zero attached hydrogens (tertiary/aromatic N) is 1. The van der Waals surface area contributed by atoms with Crippen LogP contribution in [0.25, 0.3) is 0 Å². The van der Waals surface area contributed by atoms with E-state index in [2.05, 4.69) is 16.7 Å². The lowest BCUT2D eigenvalue weighted by atomic mass is 9.97. The lowest BCUT2D eigenvalue weighted by Crippen LogP contribution is -2.39. The Morgan fingerprint density at radius 2 is 1.20 bits per heavy atom. The number of nitriles is 1. The zero-order chi connectivity index (χ0) is 38.6. The molecule has 0 aliphatic heterocycles. The Morgan fingerprint density at radius 3 is 1.59 bits per heavy atom. The summed E-state index contributed by atoms with van der Waals surface area (Å²) in [6.07, 6.45) is 2.88. The summed E-state index contributed by atoms with van der Waals surface area (Å²) in [5, 5.41) is 32.9. The van der Waals surface area contributed by atoms with E-state index in [0.717, 1.165) is 12.0 Å². The third kappa shape index (κ3) is 17.8. The van der Waals surface area contributed by atoms with Gasteiger partial charge in [0.1, 0.15) is 35.9 Å². The minimum absolute atomic E-state index is 0.0627. The van der Waals surface area contributed by atoms with Gasteiger partial charge in [-0.3, -0.25) is 4.79 Å². The third-order valence-electron chi connectivity index (χ3n) is 7.26. The molecule has 13 heteroatoms. The Balaban J connectivity index is 0.000000510. The molecule has 284 valence electrons. The van der Waals surface area contributed by atoms with Crippen molar-refractivity contribution in [1.82, 2.24) is 10.6 Å². The molecule has 0 unspecified atom stereocenters. The fourth-order valence-corrected chi connectivity index (χ4v) is 4.91. The number of aliphatic hydroxyl groups is 2. The molecule has 0 radical (unpaired) electrons. The van der Waals surface area contributed by atoms with Crippen LogP contribution in [0.5, 0.6) is 11.5 Å². The van der Waals surface area contributed by atoms with Gasteiger partial charge in [-0.15, -0.1) is 0 Å². The van der Waals surface area contributed by atoms with E-state index >= 15 is 0 Å². The molecule has 0 saturated carbocycles. The molecular weight excluding hydrogens is 656 g/mol. The topological polar surface area (TPSA) is 202 Å². The van der Waals surface area contributed by atoms with E-state index in [0.29, 0.717) is 60.3 Å². The number of primary amides is 1. The molecule has 2 rings (SSSR count). The zero-order valence-electron chi connectivity index (χ0n) is 31.5. The number of nitrogens with one attached hydrogen (secondary N) is 2. The smallest absolute Gasteiger partial charge is 0.407 e. The summed E-state index contributed by atoms with van der Waals surface area (Å²) in [6.45, 7) is 14.9. The predicted octanol–water partition coefficient (Wildman–Crippen LogP) is 5.56. The largest absolute Gasteiger partial charge is 0.491 e. The molecule has 3 amide bonds. The van der Waals surface area contributed by atoms with Gasteiger partial charge in [0.15, 0.2) is 0 Å². The second kappa shape index (κ2) is 22.3. The fourth-order valence-electron chi connectivity index (χ4n) is 4.91. The van der Waals surface area contributed by atoms with E-state index < -0.39 is 29.3 Å². The number of nitrogens with two attached hydrogens (primary N) is 1. The lowest BCUT2D eigenvalue weighted by Gasteiger charge is -2.23. The Labute approximate surface area is 302 Å². The van der Waals surface area contributed by atoms with Gasteiger partial charge in [0, 0.05) is 28.8 Å². The lowest BCUT2D eigenvalue weighted by molar-refractivity contribution is 0.0488. The molecule has 0 aliphatic rings. The van der Waals surface area contributed by atoms with Crippen LogP contribution in [0.4, 0.5) is 9.59 Å². The van der Waals surface area contributed by atoms with Crippen molar-refractivity contribution < 1.29 is 43.5 Å². The van der Waals surface area contributed by atoms with Crippen LogP contribution in [0.2, 0.25) is 0 Å². The van der Waals surface area contributed by atoms with E-state index in [1.807, 2.05) is 34.6 Å². The van der Waals surface area contributed by atoms with Crippen molar-refractivity contribution in [3.05, 3.63) is 58.7 Å². The van der Waals surface area contributed by atoms with Gasteiger partial charge in [0.2, 0.25) is 5.91 Å². The first kappa shape index (κ1) is 44.5. The molecule has 51 heavy (non-hydrogen) atoms. The van der Waals surface area contributed by atoms with E-state index in [4.69, 9.17) is 34.9 Å². The minimum atomic E-state index is -0.563. The van der Waals surface area contributed by atoms with Crippen molar-refractivity contribution >= 4 is 18.1 Å². The number of alkyl carbamates (subject to hydrolysis) is 2. The first-order chi connectivity index (χ1) is 24.0. The van der Waals surface area contributed by atoms with Crippen molar-refractivity contribution in [3.8, 4) is 17.6 Å². The molecule has 2 atom stereocenters. The van der Waals surface area contributed by atoms with E-state index in [1.165, 1.54) is 0 Å². The van der Waals surface area contributed by atoms with E-state index in [-0.39, 0.29) is 38.5 Å². The standard InChI is InChI=1S/C19H30N2O5.C19H28N2O4/c1-5-13(21-18(24)26-19(2,3)4)9-10-14-15(17(20)23)7-6-8-16(14)25-12-11-22;1-5-15(21-18(23)25-19(2,3)4)9-10-16-14(13-20)7-6-8-17(16)24-12-11-22/h6-8,13,22H,5,9-12H2,1-4H3,(H2,20,23)(H,21,24);6-8,15,22H,5,9-12H2,1-4H3,(H,21,23)/t13-;15-/m00/s1. The highest BCUT2D eigenvalue weighted by Crippen LogP contribution is 2.26. The maximum Gasteiger partial charge on any atom is 0.407 e. The van der Waals surface area contributed by atoms with Crippen LogP contribution < -0.4 is 25.8 Å². The quantitative estimate of drug-likeness (QED) is 0.138. The van der Waals surface area contributed by atoms with Gasteiger partial charge in [-0.2, -0.15) is 5.26 Å². The summed E-state index contributed by atoms with van der Waals surface area (Å²) in [4.78, 5) is 35.6. The van der Waals surface area contributed by atoms with Gasteiger partial charge in [0.05, 0.1) is 24.8 Å². The summed E-state index contributed by atoms with van der Waals surface area (Å²) in [7, 11) is 0. The number of amides is 3. The first-order valence-corrected chi connectivity index (χ1v) is 17.4. The number of carbonyl (C=O) groups is 3. The van der Waals surface area contributed by atoms with Crippen molar-refractivity contribution in [3.63, 3.8) is 0 Å². The number of carbonyl (C=O) groups excluding carboxylic acids is 3. The van der Waals surface area contributed by atoms with Crippen LogP contribution in [0.15, 0.2) is 36.4 Å². The van der Waals surface area contributed by atoms with Gasteiger partial charge < -0.3 is 45.5 Å². The molecule has 0 bridgehead atoms. The number of hydrogen-bond acceptors (Lipinski definition) is 10. The molecule has 0 spiro atoms. The summed E-state index contributed by atoms with van der Waals surface area (Å²) in [5.74, 6) is 0.574. The molecule has 0 saturated heterocycles. The van der Waals surface area contributed by atoms with Gasteiger partial charge in [0.25, 0.3) is 0 Å². The highest BCUT2D eigenvalue weighted by molar-refractivity contribution is 5.95. The van der Waals surface area contributed by atoms with Crippen LogP contribution in [0.1, 0.15) is 108 Å². The molecule has 6 N–H and O–H groups in total. The average Bonchev–Trinajstić information content (AvgIpc) is 3.05. The van der Waals surface area contributed by atoms with Crippen LogP contribution in [0.3, 0.4) is 0 Å². The highest BCUT2D eigenvalue weighted by atomic mass is 16.6. The Hall–Kier alpha value is -4.54. The monoisotopic (exact) mass is 714 g/mol. The number of aliphatic hydroxyl groups excluding tert-OH is 2. The number of rotatable bonds is 17.